The third-order valence-corrected chi connectivity index (χ3v) is 5.92. The fourth-order valence-corrected chi connectivity index (χ4v) is 4.94. The van der Waals surface area contributed by atoms with Crippen molar-refractivity contribution in [1.29, 1.82) is 0 Å². The van der Waals surface area contributed by atoms with Crippen molar-refractivity contribution in [1.82, 2.24) is 0 Å². The van der Waals surface area contributed by atoms with Crippen LogP contribution in [0.3, 0.4) is 0 Å². The number of alkyl halides is 2. The van der Waals surface area contributed by atoms with Gasteiger partial charge in [0.2, 0.25) is 0 Å². The number of aliphatic hydroxyl groups is 1. The number of hydrogen-bond donors (Lipinski definition) is 1. The van der Waals surface area contributed by atoms with E-state index in [0.717, 1.165) is 38.5 Å². The van der Waals surface area contributed by atoms with Crippen LogP contribution in [0.15, 0.2) is 0 Å². The summed E-state index contributed by atoms with van der Waals surface area (Å²) in [5, 5.41) is 9.73. The average molecular weight is 272 g/mol. The summed E-state index contributed by atoms with van der Waals surface area (Å²) < 4.78 is 27.1. The number of fused-ring (bicyclic) bond motifs is 1. The van der Waals surface area contributed by atoms with E-state index < -0.39 is 12.3 Å². The van der Waals surface area contributed by atoms with Crippen LogP contribution in [0, 0.1) is 23.7 Å². The molecule has 110 valence electrons. The molecule has 3 heteroatoms. The molecule has 0 aromatic carbocycles. The van der Waals surface area contributed by atoms with Crippen molar-refractivity contribution < 1.29 is 13.9 Å². The second kappa shape index (κ2) is 5.67. The molecule has 0 aromatic rings. The first-order valence-corrected chi connectivity index (χ1v) is 8.08. The van der Waals surface area contributed by atoms with Gasteiger partial charge in [-0.1, -0.05) is 0 Å². The van der Waals surface area contributed by atoms with Gasteiger partial charge in [0, 0.05) is 6.42 Å². The highest BCUT2D eigenvalue weighted by Gasteiger charge is 2.40. The second-order valence-electron chi connectivity index (χ2n) is 7.22. The molecule has 0 aliphatic heterocycles. The summed E-state index contributed by atoms with van der Waals surface area (Å²) in [6.07, 6.45) is 5.81. The zero-order valence-electron chi connectivity index (χ0n) is 11.6. The van der Waals surface area contributed by atoms with Gasteiger partial charge in [-0.2, -0.15) is 0 Å². The third kappa shape index (κ3) is 3.12. The van der Waals surface area contributed by atoms with Crippen molar-refractivity contribution in [2.75, 3.05) is 0 Å². The van der Waals surface area contributed by atoms with E-state index in [1.165, 1.54) is 0 Å². The first-order chi connectivity index (χ1) is 9.11. The molecule has 0 saturated heterocycles. The van der Waals surface area contributed by atoms with Crippen LogP contribution in [0.2, 0.25) is 0 Å². The maximum Gasteiger partial charge on any atom is 0.103 e. The van der Waals surface area contributed by atoms with Crippen LogP contribution in [-0.4, -0.2) is 23.6 Å². The van der Waals surface area contributed by atoms with Crippen LogP contribution in [0.5, 0.6) is 0 Å². The van der Waals surface area contributed by atoms with Crippen LogP contribution in [-0.2, 0) is 0 Å². The van der Waals surface area contributed by atoms with Gasteiger partial charge in [-0.3, -0.25) is 0 Å². The molecule has 1 N–H and O–H groups in total. The molecule has 0 radical (unpaired) electrons. The summed E-state index contributed by atoms with van der Waals surface area (Å²) in [6.45, 7) is 0. The van der Waals surface area contributed by atoms with E-state index in [1.54, 1.807) is 0 Å². The van der Waals surface area contributed by atoms with Gasteiger partial charge in [-0.15, -0.1) is 0 Å². The average Bonchev–Trinajstić information content (AvgIpc) is 2.37. The summed E-state index contributed by atoms with van der Waals surface area (Å²) in [4.78, 5) is 0. The molecule has 0 aromatic heterocycles. The molecule has 3 aliphatic carbocycles. The predicted molar refractivity (Wildman–Crippen MR) is 71.3 cm³/mol. The molecule has 0 bridgehead atoms. The summed E-state index contributed by atoms with van der Waals surface area (Å²) in [7, 11) is 0. The van der Waals surface area contributed by atoms with Crippen molar-refractivity contribution in [2.24, 2.45) is 23.7 Å². The predicted octanol–water partition coefficient (Wildman–Crippen LogP) is 4.04. The molecule has 1 nitrogen and oxygen atoms in total. The van der Waals surface area contributed by atoms with Crippen LogP contribution < -0.4 is 0 Å². The van der Waals surface area contributed by atoms with Crippen LogP contribution >= 0.6 is 0 Å². The summed E-state index contributed by atoms with van der Waals surface area (Å²) in [6, 6.07) is 0. The zero-order chi connectivity index (χ0) is 13.4. The number of halogens is 2. The Morgan fingerprint density at radius 2 is 1.11 bits per heavy atom. The first kappa shape index (κ1) is 13.8. The molecule has 0 amide bonds. The van der Waals surface area contributed by atoms with E-state index in [1.807, 2.05) is 0 Å². The van der Waals surface area contributed by atoms with Gasteiger partial charge >= 0.3 is 0 Å². The quantitative estimate of drug-likeness (QED) is 0.764. The minimum Gasteiger partial charge on any atom is -0.393 e. The van der Waals surface area contributed by atoms with Gasteiger partial charge in [0.15, 0.2) is 0 Å². The van der Waals surface area contributed by atoms with Crippen molar-refractivity contribution >= 4 is 0 Å². The van der Waals surface area contributed by atoms with E-state index in [4.69, 9.17) is 0 Å². The topological polar surface area (TPSA) is 20.2 Å². The van der Waals surface area contributed by atoms with Crippen LogP contribution in [0.4, 0.5) is 8.78 Å². The molecule has 19 heavy (non-hydrogen) atoms. The molecule has 3 aliphatic rings. The third-order valence-electron chi connectivity index (χ3n) is 5.92. The minimum atomic E-state index is -0.917. The number of aliphatic hydroxyl groups excluding tert-OH is 1. The first-order valence-electron chi connectivity index (χ1n) is 8.08. The molecular formula is C16H26F2O. The molecule has 6 unspecified atom stereocenters. The Morgan fingerprint density at radius 1 is 0.579 bits per heavy atom. The van der Waals surface area contributed by atoms with Crippen LogP contribution in [0.25, 0.3) is 0 Å². The Kier molecular flexibility index (Phi) is 4.11. The lowest BCUT2D eigenvalue weighted by atomic mass is 9.62. The van der Waals surface area contributed by atoms with Gasteiger partial charge in [0.1, 0.15) is 12.3 Å². The number of hydrogen-bond acceptors (Lipinski definition) is 1. The SMILES string of the molecule is OC1CCC2CC(C3CC(F)CC(F)C3)CCC2C1. The van der Waals surface area contributed by atoms with Crippen LogP contribution in [0.1, 0.15) is 57.8 Å². The van der Waals surface area contributed by atoms with Crippen molar-refractivity contribution in [3.63, 3.8) is 0 Å². The summed E-state index contributed by atoms with van der Waals surface area (Å²) in [5.41, 5.74) is 0. The maximum atomic E-state index is 13.6. The normalized spacial score (nSPS) is 51.6. The van der Waals surface area contributed by atoms with Gasteiger partial charge in [0.25, 0.3) is 0 Å². The molecule has 3 saturated carbocycles. The second-order valence-corrected chi connectivity index (χ2v) is 7.22. The fraction of sp³-hybridized carbons (Fsp3) is 1.00. The lowest BCUT2D eigenvalue weighted by Gasteiger charge is -2.44. The molecular weight excluding hydrogens is 246 g/mol. The zero-order valence-corrected chi connectivity index (χ0v) is 11.6. The lowest BCUT2D eigenvalue weighted by Crippen LogP contribution is -2.37. The summed E-state index contributed by atoms with van der Waals surface area (Å²) >= 11 is 0. The fourth-order valence-electron chi connectivity index (χ4n) is 4.94. The Bertz CT molecular complexity index is 299. The van der Waals surface area contributed by atoms with E-state index in [9.17, 15) is 13.9 Å². The highest BCUT2D eigenvalue weighted by molar-refractivity contribution is 4.90. The van der Waals surface area contributed by atoms with Crippen molar-refractivity contribution in [3.05, 3.63) is 0 Å². The molecule has 6 atom stereocenters. The van der Waals surface area contributed by atoms with E-state index in [0.29, 0.717) is 30.6 Å². The highest BCUT2D eigenvalue weighted by atomic mass is 19.1. The molecule has 3 fully saturated rings. The Hall–Kier alpha value is -0.180. The smallest absolute Gasteiger partial charge is 0.103 e. The summed E-state index contributed by atoms with van der Waals surface area (Å²) in [5.74, 6) is 2.19. The van der Waals surface area contributed by atoms with E-state index in [-0.39, 0.29) is 18.4 Å². The van der Waals surface area contributed by atoms with Gasteiger partial charge < -0.3 is 5.11 Å². The standard InChI is InChI=1S/C16H26F2O/c17-14-6-13(7-15(18)9-14)11-1-2-12-8-16(19)4-3-10(12)5-11/h10-16,19H,1-9H2. The minimum absolute atomic E-state index is 0.0991. The van der Waals surface area contributed by atoms with Gasteiger partial charge in [-0.25, -0.2) is 8.78 Å². The maximum absolute atomic E-state index is 13.6. The number of rotatable bonds is 1. The Morgan fingerprint density at radius 3 is 1.79 bits per heavy atom. The molecule has 0 heterocycles. The van der Waals surface area contributed by atoms with Crippen molar-refractivity contribution in [3.8, 4) is 0 Å². The van der Waals surface area contributed by atoms with E-state index in [2.05, 4.69) is 0 Å². The van der Waals surface area contributed by atoms with Gasteiger partial charge in [-0.05, 0) is 75.0 Å². The highest BCUT2D eigenvalue weighted by Crippen LogP contribution is 2.47. The Balaban J connectivity index is 1.58. The largest absolute Gasteiger partial charge is 0.393 e. The molecule has 0 spiro atoms. The van der Waals surface area contributed by atoms with Gasteiger partial charge in [0.05, 0.1) is 6.10 Å². The van der Waals surface area contributed by atoms with Crippen molar-refractivity contribution in [2.45, 2.75) is 76.2 Å². The molecule has 3 rings (SSSR count). The van der Waals surface area contributed by atoms with E-state index >= 15 is 0 Å². The monoisotopic (exact) mass is 272 g/mol. The Labute approximate surface area is 114 Å². The lowest BCUT2D eigenvalue weighted by molar-refractivity contribution is 0.00718.